The van der Waals surface area contributed by atoms with Gasteiger partial charge in [0.05, 0.1) is 31.9 Å². The third kappa shape index (κ3) is 6.69. The lowest BCUT2D eigenvalue weighted by atomic mass is 9.95. The minimum atomic E-state index is -0.528. The van der Waals surface area contributed by atoms with Crippen LogP contribution in [-0.2, 0) is 29.0 Å². The van der Waals surface area contributed by atoms with E-state index in [1.165, 1.54) is 5.56 Å². The van der Waals surface area contributed by atoms with Gasteiger partial charge in [-0.15, -0.1) is 0 Å². The van der Waals surface area contributed by atoms with Crippen molar-refractivity contribution in [2.75, 3.05) is 64.0 Å². The second-order valence-electron chi connectivity index (χ2n) is 15.0. The Morgan fingerprint density at radius 2 is 1.76 bits per heavy atom. The van der Waals surface area contributed by atoms with Crippen molar-refractivity contribution < 1.29 is 19.0 Å². The quantitative estimate of drug-likeness (QED) is 0.416. The summed E-state index contributed by atoms with van der Waals surface area (Å²) in [7, 11) is 0. The van der Waals surface area contributed by atoms with Crippen LogP contribution in [0.25, 0.3) is 0 Å². The number of amides is 1. The lowest BCUT2D eigenvalue weighted by Gasteiger charge is -2.43. The van der Waals surface area contributed by atoms with Crippen molar-refractivity contribution in [2.24, 2.45) is 5.41 Å². The number of pyridine rings is 1. The van der Waals surface area contributed by atoms with E-state index in [4.69, 9.17) is 19.2 Å². The molecule has 2 aromatic rings. The minimum absolute atomic E-state index is 0.0764. The number of ether oxygens (including phenoxy) is 3. The molecule has 1 saturated carbocycles. The number of carbonyl (C=O) groups excluding carboxylic acids is 1. The summed E-state index contributed by atoms with van der Waals surface area (Å²) in [5, 5.41) is 10.6. The van der Waals surface area contributed by atoms with Gasteiger partial charge in [0.2, 0.25) is 5.88 Å². The van der Waals surface area contributed by atoms with Crippen LogP contribution in [0.4, 0.5) is 10.6 Å². The molecule has 0 radical (unpaired) electrons. The minimum Gasteiger partial charge on any atom is -0.476 e. The van der Waals surface area contributed by atoms with Crippen molar-refractivity contribution >= 4 is 11.9 Å². The second-order valence-corrected chi connectivity index (χ2v) is 15.0. The Balaban J connectivity index is 1.16. The zero-order chi connectivity index (χ0) is 31.9. The van der Waals surface area contributed by atoms with E-state index in [0.717, 1.165) is 95.0 Å². The van der Waals surface area contributed by atoms with E-state index >= 15 is 0 Å². The van der Waals surface area contributed by atoms with Crippen LogP contribution >= 0.6 is 0 Å². The monoisotopic (exact) mass is 628 g/mol. The van der Waals surface area contributed by atoms with Crippen LogP contribution in [0.2, 0.25) is 0 Å². The molecule has 4 fully saturated rings. The highest BCUT2D eigenvalue weighted by Crippen LogP contribution is 2.47. The summed E-state index contributed by atoms with van der Waals surface area (Å²) in [6.07, 6.45) is 4.77. The number of rotatable bonds is 8. The predicted molar refractivity (Wildman–Crippen MR) is 175 cm³/mol. The first-order valence-corrected chi connectivity index (χ1v) is 17.1. The maximum absolute atomic E-state index is 13.2. The number of morpholine rings is 1. The number of fused-ring (bicyclic) bond motifs is 3. The number of nitrogens with zero attached hydrogens (tertiary/aromatic N) is 6. The Labute approximate surface area is 273 Å². The number of benzene rings is 1. The van der Waals surface area contributed by atoms with Crippen molar-refractivity contribution in [3.8, 4) is 11.9 Å². The summed E-state index contributed by atoms with van der Waals surface area (Å²) in [6.45, 7) is 14.6. The Hall–Kier alpha value is -3.39. The van der Waals surface area contributed by atoms with Crippen molar-refractivity contribution in [1.29, 1.82) is 5.26 Å². The molecular formula is C36H48N6O4. The number of carbonyl (C=O) groups is 1. The lowest BCUT2D eigenvalue weighted by Crippen LogP contribution is -2.57. The zero-order valence-corrected chi connectivity index (χ0v) is 27.7. The Bertz CT molecular complexity index is 1450. The van der Waals surface area contributed by atoms with E-state index in [0.29, 0.717) is 37.7 Å². The molecule has 10 nitrogen and oxygen atoms in total. The molecule has 0 unspecified atom stereocenters. The van der Waals surface area contributed by atoms with Crippen molar-refractivity contribution in [3.05, 3.63) is 52.6 Å². The van der Waals surface area contributed by atoms with Gasteiger partial charge in [-0.1, -0.05) is 30.3 Å². The van der Waals surface area contributed by atoms with Gasteiger partial charge in [-0.3, -0.25) is 14.7 Å². The molecule has 3 saturated heterocycles. The van der Waals surface area contributed by atoms with Crippen molar-refractivity contribution in [1.82, 2.24) is 19.7 Å². The summed E-state index contributed by atoms with van der Waals surface area (Å²) >= 11 is 0. The second kappa shape index (κ2) is 12.7. The summed E-state index contributed by atoms with van der Waals surface area (Å²) in [6, 6.07) is 13.2. The summed E-state index contributed by atoms with van der Waals surface area (Å²) < 4.78 is 18.0. The van der Waals surface area contributed by atoms with Gasteiger partial charge in [0, 0.05) is 63.3 Å². The Kier molecular flexibility index (Phi) is 8.60. The van der Waals surface area contributed by atoms with E-state index in [9.17, 15) is 10.1 Å². The lowest BCUT2D eigenvalue weighted by molar-refractivity contribution is 0.0122. The molecule has 7 rings (SSSR count). The highest BCUT2D eigenvalue weighted by atomic mass is 16.6. The van der Waals surface area contributed by atoms with Crippen LogP contribution in [0.5, 0.6) is 5.88 Å². The number of nitriles is 1. The highest BCUT2D eigenvalue weighted by Gasteiger charge is 2.47. The number of piperazine rings is 1. The summed E-state index contributed by atoms with van der Waals surface area (Å²) in [5.74, 6) is 1.40. The molecule has 5 heterocycles. The van der Waals surface area contributed by atoms with Gasteiger partial charge in [0.1, 0.15) is 23.1 Å². The van der Waals surface area contributed by atoms with Gasteiger partial charge in [-0.25, -0.2) is 4.79 Å². The SMILES string of the molecule is CC(C)(C)OC(=O)N1[C@@H]2CC[C@H]1CN(c1nc(OCC3(CN4CCOCC4)CC3)c(C#N)c3c1CCN(Cc1ccccc1)C3)C2. The Morgan fingerprint density at radius 3 is 2.41 bits per heavy atom. The largest absolute Gasteiger partial charge is 0.476 e. The van der Waals surface area contributed by atoms with Gasteiger partial charge in [-0.05, 0) is 64.0 Å². The van der Waals surface area contributed by atoms with Crippen LogP contribution in [-0.4, -0.2) is 103 Å². The third-order valence-corrected chi connectivity index (χ3v) is 10.3. The van der Waals surface area contributed by atoms with E-state index in [1.807, 2.05) is 31.7 Å². The molecule has 0 N–H and O–H groups in total. The third-order valence-electron chi connectivity index (χ3n) is 10.3. The molecule has 10 heteroatoms. The molecule has 46 heavy (non-hydrogen) atoms. The molecule has 1 aromatic carbocycles. The molecule has 1 amide bonds. The normalized spacial score (nSPS) is 24.3. The van der Waals surface area contributed by atoms with Crippen molar-refractivity contribution in [3.63, 3.8) is 0 Å². The standard InChI is InChI=1S/C36H48N6O4/c1-35(2,3)46-34(43)42-27-9-10-28(42)22-41(21-27)32-29-11-14-40(20-26-7-5-4-6-8-26)23-31(29)30(19-37)33(38-32)45-25-36(12-13-36)24-39-15-17-44-18-16-39/h4-8,27-28H,9-18,20-25H2,1-3H3/t27-,28+. The van der Waals surface area contributed by atoms with Crippen LogP contribution in [0, 0.1) is 16.7 Å². The summed E-state index contributed by atoms with van der Waals surface area (Å²) in [4.78, 5) is 27.6. The molecule has 0 spiro atoms. The van der Waals surface area contributed by atoms with Gasteiger partial charge in [0.15, 0.2) is 0 Å². The molecule has 246 valence electrons. The molecule has 2 bridgehead atoms. The fraction of sp³-hybridized carbons (Fsp3) is 0.639. The first kappa shape index (κ1) is 31.2. The topological polar surface area (TPSA) is 94.4 Å². The highest BCUT2D eigenvalue weighted by molar-refractivity contribution is 5.71. The fourth-order valence-corrected chi connectivity index (χ4v) is 7.77. The maximum Gasteiger partial charge on any atom is 0.410 e. The molecule has 1 aromatic heterocycles. The molecule has 1 aliphatic carbocycles. The van der Waals surface area contributed by atoms with Gasteiger partial charge < -0.3 is 19.1 Å². The first-order chi connectivity index (χ1) is 22.2. The predicted octanol–water partition coefficient (Wildman–Crippen LogP) is 4.59. The van der Waals surface area contributed by atoms with E-state index in [1.54, 1.807) is 0 Å². The molecular weight excluding hydrogens is 580 g/mol. The van der Waals surface area contributed by atoms with E-state index in [2.05, 4.69) is 45.0 Å². The summed E-state index contributed by atoms with van der Waals surface area (Å²) in [5.41, 5.74) is 3.63. The molecule has 5 aliphatic rings. The number of hydrogen-bond acceptors (Lipinski definition) is 9. The number of anilines is 1. The van der Waals surface area contributed by atoms with Gasteiger partial charge >= 0.3 is 6.09 Å². The van der Waals surface area contributed by atoms with Crippen molar-refractivity contribution in [2.45, 2.75) is 83.6 Å². The molecule has 4 aliphatic heterocycles. The van der Waals surface area contributed by atoms with Crippen LogP contribution in [0.3, 0.4) is 0 Å². The van der Waals surface area contributed by atoms with Gasteiger partial charge in [0.25, 0.3) is 0 Å². The Morgan fingerprint density at radius 1 is 1.04 bits per heavy atom. The number of hydrogen-bond donors (Lipinski definition) is 0. The zero-order valence-electron chi connectivity index (χ0n) is 27.7. The van der Waals surface area contributed by atoms with Crippen LogP contribution in [0.15, 0.2) is 30.3 Å². The van der Waals surface area contributed by atoms with E-state index in [-0.39, 0.29) is 23.6 Å². The van der Waals surface area contributed by atoms with Crippen LogP contribution in [0.1, 0.15) is 68.7 Å². The molecule has 2 atom stereocenters. The average Bonchev–Trinajstić information content (AvgIpc) is 3.74. The van der Waals surface area contributed by atoms with Crippen LogP contribution < -0.4 is 9.64 Å². The average molecular weight is 629 g/mol. The number of aromatic nitrogens is 1. The first-order valence-electron chi connectivity index (χ1n) is 17.1. The fourth-order valence-electron chi connectivity index (χ4n) is 7.77. The van der Waals surface area contributed by atoms with Gasteiger partial charge in [-0.2, -0.15) is 10.2 Å². The smallest absolute Gasteiger partial charge is 0.410 e. The van der Waals surface area contributed by atoms with E-state index < -0.39 is 5.60 Å². The maximum atomic E-state index is 13.2.